The van der Waals surface area contributed by atoms with Crippen LogP contribution in [-0.4, -0.2) is 45.9 Å². The van der Waals surface area contributed by atoms with Gasteiger partial charge in [-0.1, -0.05) is 36.4 Å². The normalized spacial score (nSPS) is 20.9. The summed E-state index contributed by atoms with van der Waals surface area (Å²) >= 11 is 0. The molecule has 0 saturated carbocycles. The quantitative estimate of drug-likeness (QED) is 0.215. The first-order valence-corrected chi connectivity index (χ1v) is 11.8. The van der Waals surface area contributed by atoms with E-state index >= 15 is 0 Å². The lowest BCUT2D eigenvalue weighted by Crippen LogP contribution is -2.53. The molecular weight excluding hydrogens is 500 g/mol. The highest BCUT2D eigenvalue weighted by molar-refractivity contribution is 6.08. The van der Waals surface area contributed by atoms with E-state index in [0.717, 1.165) is 13.0 Å². The van der Waals surface area contributed by atoms with E-state index in [0.29, 0.717) is 0 Å². The van der Waals surface area contributed by atoms with Gasteiger partial charge in [0, 0.05) is 35.6 Å². The standard InChI is InChI=1S/C26H26N2O10/c1-4-37-24(31)22-21(30)14-18(16-10-6-8-12-19(16)27(33)34)26(15(3)29,25(32)38-5-2)23(22)17-11-7-9-13-20(17)28(35)36/h6-13,18,23,30H,4-5,14H2,1-3H3/t18-,23-,26+/m1/s1. The summed E-state index contributed by atoms with van der Waals surface area (Å²) in [6.07, 6.45) is -0.547. The zero-order valence-corrected chi connectivity index (χ0v) is 20.9. The lowest BCUT2D eigenvalue weighted by atomic mass is 9.54. The molecule has 38 heavy (non-hydrogen) atoms. The van der Waals surface area contributed by atoms with E-state index in [9.17, 15) is 39.7 Å². The zero-order chi connectivity index (χ0) is 28.2. The molecule has 1 N–H and O–H groups in total. The van der Waals surface area contributed by atoms with Gasteiger partial charge in [0.05, 0.1) is 34.6 Å². The first kappa shape index (κ1) is 28.0. The molecule has 1 aliphatic rings. The lowest BCUT2D eigenvalue weighted by Gasteiger charge is -2.45. The van der Waals surface area contributed by atoms with Crippen molar-refractivity contribution in [1.29, 1.82) is 0 Å². The van der Waals surface area contributed by atoms with Crippen LogP contribution in [0.25, 0.3) is 0 Å². The number of ether oxygens (including phenoxy) is 2. The molecule has 3 rings (SSSR count). The average Bonchev–Trinajstić information content (AvgIpc) is 2.87. The monoisotopic (exact) mass is 526 g/mol. The zero-order valence-electron chi connectivity index (χ0n) is 20.9. The smallest absolute Gasteiger partial charge is 0.338 e. The maximum absolute atomic E-state index is 13.9. The Morgan fingerprint density at radius 1 is 0.921 bits per heavy atom. The summed E-state index contributed by atoms with van der Waals surface area (Å²) in [6, 6.07) is 10.5. The highest BCUT2D eigenvalue weighted by atomic mass is 16.6. The molecule has 12 nitrogen and oxygen atoms in total. The third-order valence-electron chi connectivity index (χ3n) is 6.65. The topological polar surface area (TPSA) is 176 Å². The predicted molar refractivity (Wildman–Crippen MR) is 132 cm³/mol. The summed E-state index contributed by atoms with van der Waals surface area (Å²) in [5, 5.41) is 35.2. The number of ketones is 1. The number of carbonyl (C=O) groups is 3. The number of nitrogens with zero attached hydrogens (tertiary/aromatic N) is 2. The van der Waals surface area contributed by atoms with Crippen LogP contribution in [0.5, 0.6) is 0 Å². The third-order valence-corrected chi connectivity index (χ3v) is 6.65. The number of carbonyl (C=O) groups excluding carboxylic acids is 3. The fraction of sp³-hybridized carbons (Fsp3) is 0.346. The fourth-order valence-electron chi connectivity index (χ4n) is 5.21. The molecule has 2 aromatic carbocycles. The van der Waals surface area contributed by atoms with Crippen molar-refractivity contribution in [3.8, 4) is 0 Å². The van der Waals surface area contributed by atoms with Gasteiger partial charge in [-0.05, 0) is 20.8 Å². The average molecular weight is 526 g/mol. The largest absolute Gasteiger partial charge is 0.512 e. The molecule has 1 aliphatic carbocycles. The van der Waals surface area contributed by atoms with Crippen LogP contribution < -0.4 is 0 Å². The number of hydrogen-bond donors (Lipinski definition) is 1. The molecule has 0 fully saturated rings. The number of esters is 2. The maximum Gasteiger partial charge on any atom is 0.338 e. The van der Waals surface area contributed by atoms with E-state index < -0.39 is 73.9 Å². The van der Waals surface area contributed by atoms with Gasteiger partial charge in [-0.3, -0.25) is 29.8 Å². The summed E-state index contributed by atoms with van der Waals surface area (Å²) in [7, 11) is 0. The minimum absolute atomic E-state index is 0.0844. The van der Waals surface area contributed by atoms with Gasteiger partial charge in [-0.2, -0.15) is 0 Å². The minimum Gasteiger partial charge on any atom is -0.512 e. The second-order valence-corrected chi connectivity index (χ2v) is 8.55. The first-order chi connectivity index (χ1) is 18.0. The second-order valence-electron chi connectivity index (χ2n) is 8.55. The number of rotatable bonds is 9. The summed E-state index contributed by atoms with van der Waals surface area (Å²) < 4.78 is 10.4. The molecule has 0 bridgehead atoms. The lowest BCUT2D eigenvalue weighted by molar-refractivity contribution is -0.386. The van der Waals surface area contributed by atoms with Crippen LogP contribution in [0.2, 0.25) is 0 Å². The van der Waals surface area contributed by atoms with Crippen LogP contribution in [0.3, 0.4) is 0 Å². The van der Waals surface area contributed by atoms with Gasteiger partial charge in [0.25, 0.3) is 11.4 Å². The molecule has 0 amide bonds. The van der Waals surface area contributed by atoms with Gasteiger partial charge in [-0.25, -0.2) is 4.79 Å². The van der Waals surface area contributed by atoms with E-state index in [1.165, 1.54) is 56.3 Å². The van der Waals surface area contributed by atoms with E-state index in [1.807, 2.05) is 0 Å². The van der Waals surface area contributed by atoms with Crippen LogP contribution in [0.4, 0.5) is 11.4 Å². The highest BCUT2D eigenvalue weighted by Gasteiger charge is 2.64. The van der Waals surface area contributed by atoms with Crippen molar-refractivity contribution in [2.75, 3.05) is 13.2 Å². The number of aliphatic hydroxyl groups is 1. The van der Waals surface area contributed by atoms with Crippen molar-refractivity contribution in [3.05, 3.63) is 91.2 Å². The highest BCUT2D eigenvalue weighted by Crippen LogP contribution is 2.60. The van der Waals surface area contributed by atoms with Gasteiger partial charge in [0.15, 0.2) is 0 Å². The summed E-state index contributed by atoms with van der Waals surface area (Å²) in [4.78, 5) is 63.3. The van der Waals surface area contributed by atoms with E-state index in [2.05, 4.69) is 0 Å². The van der Waals surface area contributed by atoms with Gasteiger partial charge in [-0.15, -0.1) is 0 Å². The van der Waals surface area contributed by atoms with Crippen molar-refractivity contribution < 1.29 is 38.8 Å². The molecule has 0 aliphatic heterocycles. The number of para-hydroxylation sites is 2. The number of allylic oxidation sites excluding steroid dienone is 1. The van der Waals surface area contributed by atoms with Crippen LogP contribution in [-0.2, 0) is 23.9 Å². The van der Waals surface area contributed by atoms with Crippen LogP contribution in [0.15, 0.2) is 59.9 Å². The Morgan fingerprint density at radius 2 is 1.42 bits per heavy atom. The molecule has 0 radical (unpaired) electrons. The fourth-order valence-corrected chi connectivity index (χ4v) is 5.21. The molecule has 200 valence electrons. The summed E-state index contributed by atoms with van der Waals surface area (Å²) in [6.45, 7) is 3.68. The molecule has 0 spiro atoms. The summed E-state index contributed by atoms with van der Waals surface area (Å²) in [5.41, 5.74) is -4.24. The molecule has 0 heterocycles. The maximum atomic E-state index is 13.9. The number of Topliss-reactive ketones (excluding diaryl/α,β-unsaturated/α-hetero) is 1. The molecule has 0 aromatic heterocycles. The molecule has 3 atom stereocenters. The Hall–Kier alpha value is -4.61. The minimum atomic E-state index is -2.41. The Bertz CT molecular complexity index is 1330. The Kier molecular flexibility index (Phi) is 8.24. The van der Waals surface area contributed by atoms with Crippen LogP contribution in [0.1, 0.15) is 50.2 Å². The van der Waals surface area contributed by atoms with Crippen molar-refractivity contribution in [3.63, 3.8) is 0 Å². The number of benzene rings is 2. The van der Waals surface area contributed by atoms with Crippen LogP contribution >= 0.6 is 0 Å². The van der Waals surface area contributed by atoms with E-state index in [1.54, 1.807) is 0 Å². The van der Waals surface area contributed by atoms with Crippen LogP contribution in [0, 0.1) is 25.6 Å². The van der Waals surface area contributed by atoms with Gasteiger partial charge < -0.3 is 14.6 Å². The van der Waals surface area contributed by atoms with Crippen molar-refractivity contribution in [1.82, 2.24) is 0 Å². The summed E-state index contributed by atoms with van der Waals surface area (Å²) in [5.74, 6) is -6.91. The van der Waals surface area contributed by atoms with Crippen molar-refractivity contribution in [2.45, 2.75) is 39.0 Å². The molecule has 0 unspecified atom stereocenters. The second kappa shape index (κ2) is 11.2. The van der Waals surface area contributed by atoms with Crippen molar-refractivity contribution in [2.24, 2.45) is 5.41 Å². The van der Waals surface area contributed by atoms with Gasteiger partial charge in [0.1, 0.15) is 17.0 Å². The molecule has 2 aromatic rings. The number of nitro benzene ring substituents is 2. The van der Waals surface area contributed by atoms with Gasteiger partial charge >= 0.3 is 11.9 Å². The Labute approximate surface area is 217 Å². The number of aliphatic hydroxyl groups excluding tert-OH is 1. The first-order valence-electron chi connectivity index (χ1n) is 11.8. The third kappa shape index (κ3) is 4.60. The molecule has 0 saturated heterocycles. The predicted octanol–water partition coefficient (Wildman–Crippen LogP) is 4.29. The van der Waals surface area contributed by atoms with Gasteiger partial charge in [0.2, 0.25) is 0 Å². The SMILES string of the molecule is CCOC(=O)C1=C(O)C[C@H](c2ccccc2[N+](=O)[O-])[C@](C(C)=O)(C(=O)OCC)[C@@H]1c1ccccc1[N+](=O)[O-]. The molecular formula is C26H26N2O10. The molecule has 12 heteroatoms. The number of hydrogen-bond acceptors (Lipinski definition) is 10. The van der Waals surface area contributed by atoms with E-state index in [-0.39, 0.29) is 24.3 Å². The number of nitro groups is 2. The Balaban J connectivity index is 2.57. The van der Waals surface area contributed by atoms with E-state index in [4.69, 9.17) is 9.47 Å². The Morgan fingerprint density at radius 3 is 1.92 bits per heavy atom. The van der Waals surface area contributed by atoms with Crippen molar-refractivity contribution >= 4 is 29.1 Å².